The zero-order valence-electron chi connectivity index (χ0n) is 9.00. The molecular formula is C12H17NO. The lowest BCUT2D eigenvalue weighted by atomic mass is 9.98. The Morgan fingerprint density at radius 1 is 1.50 bits per heavy atom. The zero-order valence-corrected chi connectivity index (χ0v) is 9.00. The summed E-state index contributed by atoms with van der Waals surface area (Å²) >= 11 is 0. The van der Waals surface area contributed by atoms with Gasteiger partial charge in [0.2, 0.25) is 0 Å². The summed E-state index contributed by atoms with van der Waals surface area (Å²) in [5.74, 6) is -0.00814. The highest BCUT2D eigenvalue weighted by atomic mass is 16.1. The Labute approximate surface area is 85.3 Å². The maximum Gasteiger partial charge on any atom is 0.127 e. The average Bonchev–Trinajstić information content (AvgIpc) is 2.26. The largest absolute Gasteiger partial charge is 0.388 e. The van der Waals surface area contributed by atoms with Gasteiger partial charge < -0.3 is 10.1 Å². The lowest BCUT2D eigenvalue weighted by Crippen LogP contribution is -1.99. The Balaban J connectivity index is 3.06. The molecule has 14 heavy (non-hydrogen) atoms. The number of carbonyl (C=O) groups excluding carboxylic acids is 1. The van der Waals surface area contributed by atoms with Crippen molar-refractivity contribution in [2.24, 2.45) is 0 Å². The Hall–Kier alpha value is -1.31. The molecule has 0 aliphatic heterocycles. The van der Waals surface area contributed by atoms with Crippen molar-refractivity contribution in [1.82, 2.24) is 0 Å². The molecule has 1 aromatic rings. The van der Waals surface area contributed by atoms with E-state index in [-0.39, 0.29) is 5.92 Å². The standard InChI is InChI=1S/C12H17NO/c1-4-10-7-11(9(2)8-14)5-6-12(10)13-3/h5-9,13H,4H2,1-3H3. The summed E-state index contributed by atoms with van der Waals surface area (Å²) in [6.07, 6.45) is 1.96. The molecule has 76 valence electrons. The number of carbonyl (C=O) groups is 1. The third-order valence-corrected chi connectivity index (χ3v) is 2.51. The van der Waals surface area contributed by atoms with E-state index in [1.165, 1.54) is 5.56 Å². The van der Waals surface area contributed by atoms with Gasteiger partial charge in [0.25, 0.3) is 0 Å². The summed E-state index contributed by atoms with van der Waals surface area (Å²) in [6, 6.07) is 6.14. The van der Waals surface area contributed by atoms with Crippen LogP contribution in [0, 0.1) is 0 Å². The van der Waals surface area contributed by atoms with Gasteiger partial charge in [-0.25, -0.2) is 0 Å². The molecule has 0 heterocycles. The third-order valence-electron chi connectivity index (χ3n) is 2.51. The molecule has 1 atom stereocenters. The van der Waals surface area contributed by atoms with Crippen LogP contribution in [-0.2, 0) is 11.2 Å². The fourth-order valence-electron chi connectivity index (χ4n) is 1.51. The summed E-state index contributed by atoms with van der Waals surface area (Å²) in [5.41, 5.74) is 3.50. The van der Waals surface area contributed by atoms with Crippen LogP contribution in [0.4, 0.5) is 5.69 Å². The second-order valence-corrected chi connectivity index (χ2v) is 3.44. The molecule has 0 aliphatic rings. The van der Waals surface area contributed by atoms with Gasteiger partial charge in [0, 0.05) is 18.7 Å². The first-order valence-electron chi connectivity index (χ1n) is 4.98. The molecule has 1 N–H and O–H groups in total. The van der Waals surface area contributed by atoms with E-state index in [1.54, 1.807) is 0 Å². The first-order chi connectivity index (χ1) is 6.72. The molecule has 0 bridgehead atoms. The molecule has 0 aromatic heterocycles. The van der Waals surface area contributed by atoms with Gasteiger partial charge >= 0.3 is 0 Å². The summed E-state index contributed by atoms with van der Waals surface area (Å²) in [7, 11) is 1.91. The first-order valence-corrected chi connectivity index (χ1v) is 4.98. The normalized spacial score (nSPS) is 12.2. The molecule has 0 fully saturated rings. The summed E-state index contributed by atoms with van der Waals surface area (Å²) in [5, 5.41) is 3.14. The van der Waals surface area contributed by atoms with Crippen molar-refractivity contribution < 1.29 is 4.79 Å². The van der Waals surface area contributed by atoms with E-state index in [2.05, 4.69) is 18.3 Å². The topological polar surface area (TPSA) is 29.1 Å². The molecule has 2 nitrogen and oxygen atoms in total. The Bertz CT molecular complexity index is 320. The fourth-order valence-corrected chi connectivity index (χ4v) is 1.51. The van der Waals surface area contributed by atoms with Gasteiger partial charge in [-0.1, -0.05) is 26.0 Å². The molecule has 1 aromatic carbocycles. The van der Waals surface area contributed by atoms with Crippen LogP contribution in [0.25, 0.3) is 0 Å². The minimum atomic E-state index is -0.00814. The van der Waals surface area contributed by atoms with Crippen molar-refractivity contribution >= 4 is 12.0 Å². The molecule has 0 amide bonds. The van der Waals surface area contributed by atoms with Crippen molar-refractivity contribution in [1.29, 1.82) is 0 Å². The van der Waals surface area contributed by atoms with Crippen molar-refractivity contribution in [2.45, 2.75) is 26.2 Å². The highest BCUT2D eigenvalue weighted by Crippen LogP contribution is 2.21. The van der Waals surface area contributed by atoms with E-state index >= 15 is 0 Å². The SMILES string of the molecule is CCc1cc(C(C)C=O)ccc1NC. The predicted octanol–water partition coefficient (Wildman–Crippen LogP) is 2.59. The predicted molar refractivity (Wildman–Crippen MR) is 59.8 cm³/mol. The maximum absolute atomic E-state index is 10.6. The molecule has 0 aliphatic carbocycles. The molecule has 0 radical (unpaired) electrons. The van der Waals surface area contributed by atoms with Crippen LogP contribution in [0.3, 0.4) is 0 Å². The lowest BCUT2D eigenvalue weighted by molar-refractivity contribution is -0.108. The lowest BCUT2D eigenvalue weighted by Gasteiger charge is -2.11. The first kappa shape index (κ1) is 10.8. The van der Waals surface area contributed by atoms with Crippen molar-refractivity contribution in [3.63, 3.8) is 0 Å². The summed E-state index contributed by atoms with van der Waals surface area (Å²) in [4.78, 5) is 10.6. The van der Waals surface area contributed by atoms with Gasteiger partial charge in [-0.2, -0.15) is 0 Å². The van der Waals surface area contributed by atoms with Crippen LogP contribution in [0.2, 0.25) is 0 Å². The van der Waals surface area contributed by atoms with Crippen molar-refractivity contribution in [3.8, 4) is 0 Å². The minimum absolute atomic E-state index is 0.00814. The number of rotatable bonds is 4. The molecule has 1 unspecified atom stereocenters. The van der Waals surface area contributed by atoms with Crippen LogP contribution in [0.1, 0.15) is 30.9 Å². The highest BCUT2D eigenvalue weighted by Gasteiger charge is 2.06. The smallest absolute Gasteiger partial charge is 0.127 e. The van der Waals surface area contributed by atoms with E-state index in [9.17, 15) is 4.79 Å². The number of benzene rings is 1. The summed E-state index contributed by atoms with van der Waals surface area (Å²) < 4.78 is 0. The van der Waals surface area contributed by atoms with Crippen molar-refractivity contribution in [3.05, 3.63) is 29.3 Å². The zero-order chi connectivity index (χ0) is 10.6. The number of hydrogen-bond acceptors (Lipinski definition) is 2. The van der Waals surface area contributed by atoms with E-state index in [0.29, 0.717) is 0 Å². The van der Waals surface area contributed by atoms with Gasteiger partial charge in [-0.05, 0) is 23.6 Å². The number of anilines is 1. The number of aldehydes is 1. The Kier molecular flexibility index (Phi) is 3.69. The molecular weight excluding hydrogens is 174 g/mol. The number of hydrogen-bond donors (Lipinski definition) is 1. The second kappa shape index (κ2) is 4.80. The number of aryl methyl sites for hydroxylation is 1. The molecule has 2 heteroatoms. The van der Waals surface area contributed by atoms with Crippen LogP contribution >= 0.6 is 0 Å². The molecule has 0 saturated carbocycles. The van der Waals surface area contributed by atoms with E-state index in [1.807, 2.05) is 26.1 Å². The fraction of sp³-hybridized carbons (Fsp3) is 0.417. The Morgan fingerprint density at radius 2 is 2.21 bits per heavy atom. The maximum atomic E-state index is 10.6. The van der Waals surface area contributed by atoms with E-state index < -0.39 is 0 Å². The van der Waals surface area contributed by atoms with Crippen LogP contribution in [0.5, 0.6) is 0 Å². The summed E-state index contributed by atoms with van der Waals surface area (Å²) in [6.45, 7) is 4.03. The van der Waals surface area contributed by atoms with Gasteiger partial charge in [-0.3, -0.25) is 0 Å². The van der Waals surface area contributed by atoms with Crippen LogP contribution < -0.4 is 5.32 Å². The van der Waals surface area contributed by atoms with E-state index in [4.69, 9.17) is 0 Å². The monoisotopic (exact) mass is 191 g/mol. The van der Waals surface area contributed by atoms with Crippen LogP contribution in [-0.4, -0.2) is 13.3 Å². The van der Waals surface area contributed by atoms with Gasteiger partial charge in [0.15, 0.2) is 0 Å². The van der Waals surface area contributed by atoms with Gasteiger partial charge in [0.1, 0.15) is 6.29 Å². The quantitative estimate of drug-likeness (QED) is 0.741. The minimum Gasteiger partial charge on any atom is -0.388 e. The van der Waals surface area contributed by atoms with Gasteiger partial charge in [0.05, 0.1) is 0 Å². The second-order valence-electron chi connectivity index (χ2n) is 3.44. The average molecular weight is 191 g/mol. The molecule has 0 spiro atoms. The number of nitrogens with one attached hydrogen (secondary N) is 1. The molecule has 0 saturated heterocycles. The van der Waals surface area contributed by atoms with Crippen LogP contribution in [0.15, 0.2) is 18.2 Å². The van der Waals surface area contributed by atoms with Crippen molar-refractivity contribution in [2.75, 3.05) is 12.4 Å². The van der Waals surface area contributed by atoms with E-state index in [0.717, 1.165) is 24.0 Å². The third kappa shape index (κ3) is 2.13. The molecule has 1 rings (SSSR count). The van der Waals surface area contributed by atoms with Gasteiger partial charge in [-0.15, -0.1) is 0 Å². The highest BCUT2D eigenvalue weighted by molar-refractivity contribution is 5.63. The Morgan fingerprint density at radius 3 is 2.71 bits per heavy atom.